The average molecular weight is 445 g/mol. The largest absolute Gasteiger partial charge is 0.345 e. The first kappa shape index (κ1) is 15.2. The predicted molar refractivity (Wildman–Crippen MR) is 105 cm³/mol. The van der Waals surface area contributed by atoms with Crippen LogP contribution in [0.25, 0.3) is 10.9 Å². The Morgan fingerprint density at radius 2 is 2.00 bits per heavy atom. The Labute approximate surface area is 157 Å². The van der Waals surface area contributed by atoms with E-state index in [0.717, 1.165) is 32.3 Å². The van der Waals surface area contributed by atoms with Crippen molar-refractivity contribution in [3.63, 3.8) is 0 Å². The van der Waals surface area contributed by atoms with Crippen LogP contribution in [-0.4, -0.2) is 22.5 Å². The smallest absolute Gasteiger partial charge is 0.274 e. The number of halogens is 1. The Balaban J connectivity index is 1.74. The zero-order valence-electron chi connectivity index (χ0n) is 13.8. The number of amides is 1. The van der Waals surface area contributed by atoms with Crippen molar-refractivity contribution in [3.05, 3.63) is 61.7 Å². The second-order valence-corrected chi connectivity index (χ2v) is 8.18. The maximum absolute atomic E-state index is 13.1. The standard InChI is InChI=1S/C19H16IN3O2/c1-22-9-11(10-7-15(20)21-16(10)17(22)24)13-8-19(13)12-5-3-4-6-14(12)23(2)18(19)25/h3-7,9,13,21H,8H2,1-2H3. The molecule has 5 nitrogen and oxygen atoms in total. The van der Waals surface area contributed by atoms with Crippen LogP contribution >= 0.6 is 22.6 Å². The maximum atomic E-state index is 13.1. The van der Waals surface area contributed by atoms with Gasteiger partial charge in [-0.25, -0.2) is 0 Å². The SMILES string of the molecule is CN1C(=O)C2(CC2c2cn(C)c(=O)c3[nH]c(I)cc23)c2ccccc21. The molecule has 1 saturated carbocycles. The Hall–Kier alpha value is -2.09. The van der Waals surface area contributed by atoms with Gasteiger partial charge in [-0.15, -0.1) is 0 Å². The fourth-order valence-corrected chi connectivity index (χ4v) is 5.03. The number of aryl methyl sites for hydroxylation is 1. The van der Waals surface area contributed by atoms with E-state index in [1.54, 1.807) is 16.5 Å². The Morgan fingerprint density at radius 1 is 1.24 bits per heavy atom. The first-order valence-corrected chi connectivity index (χ1v) is 9.28. The molecule has 1 fully saturated rings. The summed E-state index contributed by atoms with van der Waals surface area (Å²) in [6.07, 6.45) is 2.70. The number of likely N-dealkylation sites (N-methyl/N-ethyl adjacent to an activating group) is 1. The van der Waals surface area contributed by atoms with Crippen LogP contribution in [0, 0.1) is 3.70 Å². The van der Waals surface area contributed by atoms with E-state index in [0.29, 0.717) is 5.52 Å². The normalized spacial score (nSPS) is 24.4. The van der Waals surface area contributed by atoms with Gasteiger partial charge in [-0.3, -0.25) is 9.59 Å². The van der Waals surface area contributed by atoms with Crippen molar-refractivity contribution in [1.29, 1.82) is 0 Å². The first-order chi connectivity index (χ1) is 11.9. The third-order valence-electron chi connectivity index (χ3n) is 5.73. The van der Waals surface area contributed by atoms with Crippen molar-refractivity contribution >= 4 is 45.1 Å². The summed E-state index contributed by atoms with van der Waals surface area (Å²) in [5.41, 5.74) is 3.30. The highest BCUT2D eigenvalue weighted by Gasteiger charge is 2.66. The van der Waals surface area contributed by atoms with Crippen LogP contribution in [0.3, 0.4) is 0 Å². The molecule has 3 heterocycles. The summed E-state index contributed by atoms with van der Waals surface area (Å²) in [6, 6.07) is 10.0. The molecular weight excluding hydrogens is 429 g/mol. The number of hydrogen-bond acceptors (Lipinski definition) is 2. The quantitative estimate of drug-likeness (QED) is 0.586. The summed E-state index contributed by atoms with van der Waals surface area (Å²) in [5, 5.41) is 0.939. The number of para-hydroxylation sites is 1. The number of hydrogen-bond donors (Lipinski definition) is 1. The van der Waals surface area contributed by atoms with E-state index < -0.39 is 5.41 Å². The lowest BCUT2D eigenvalue weighted by atomic mass is 9.91. The third kappa shape index (κ3) is 1.78. The molecule has 0 bridgehead atoms. The molecule has 2 aromatic heterocycles. The number of carbonyl (C=O) groups excluding carboxylic acids is 1. The number of anilines is 1. The molecular formula is C19H16IN3O2. The summed E-state index contributed by atoms with van der Waals surface area (Å²) >= 11 is 2.19. The number of fused-ring (bicyclic) bond motifs is 3. The van der Waals surface area contributed by atoms with Gasteiger partial charge in [0.05, 0.1) is 9.12 Å². The monoisotopic (exact) mass is 445 g/mol. The summed E-state index contributed by atoms with van der Waals surface area (Å²) in [6.45, 7) is 0. The van der Waals surface area contributed by atoms with E-state index in [1.807, 2.05) is 37.5 Å². The van der Waals surface area contributed by atoms with E-state index >= 15 is 0 Å². The zero-order valence-corrected chi connectivity index (χ0v) is 16.0. The van der Waals surface area contributed by atoms with Crippen molar-refractivity contribution in [2.45, 2.75) is 17.8 Å². The molecule has 1 N–H and O–H groups in total. The van der Waals surface area contributed by atoms with Gasteiger partial charge in [0.1, 0.15) is 5.52 Å². The minimum Gasteiger partial charge on any atom is -0.345 e. The third-order valence-corrected chi connectivity index (χ3v) is 6.31. The highest BCUT2D eigenvalue weighted by molar-refractivity contribution is 14.1. The molecule has 6 heteroatoms. The minimum absolute atomic E-state index is 0.0355. The predicted octanol–water partition coefficient (Wildman–Crippen LogP) is 2.87. The van der Waals surface area contributed by atoms with Gasteiger partial charge >= 0.3 is 0 Å². The van der Waals surface area contributed by atoms with E-state index in [9.17, 15) is 9.59 Å². The second kappa shape index (κ2) is 4.75. The van der Waals surface area contributed by atoms with Crippen LogP contribution < -0.4 is 10.5 Å². The van der Waals surface area contributed by atoms with Crippen molar-refractivity contribution in [3.8, 4) is 0 Å². The van der Waals surface area contributed by atoms with Gasteiger partial charge in [0.2, 0.25) is 5.91 Å². The second-order valence-electron chi connectivity index (χ2n) is 7.02. The molecule has 25 heavy (non-hydrogen) atoms. The molecule has 1 spiro atoms. The zero-order chi connectivity index (χ0) is 17.5. The van der Waals surface area contributed by atoms with E-state index in [-0.39, 0.29) is 17.4 Å². The van der Waals surface area contributed by atoms with Crippen LogP contribution in [0.2, 0.25) is 0 Å². The fourth-order valence-electron chi connectivity index (χ4n) is 4.45. The average Bonchev–Trinajstić information content (AvgIpc) is 3.17. The number of nitrogens with zero attached hydrogens (tertiary/aromatic N) is 2. The lowest BCUT2D eigenvalue weighted by molar-refractivity contribution is -0.120. The van der Waals surface area contributed by atoms with Gasteiger partial charge in [0.25, 0.3) is 5.56 Å². The van der Waals surface area contributed by atoms with Crippen molar-refractivity contribution in [2.24, 2.45) is 7.05 Å². The molecule has 1 aliphatic carbocycles. The van der Waals surface area contributed by atoms with Crippen molar-refractivity contribution in [1.82, 2.24) is 9.55 Å². The lowest BCUT2D eigenvalue weighted by Gasteiger charge is -2.12. The molecule has 5 rings (SSSR count). The van der Waals surface area contributed by atoms with Gasteiger partial charge in [-0.1, -0.05) is 18.2 Å². The summed E-state index contributed by atoms with van der Waals surface area (Å²) in [7, 11) is 3.62. The number of H-pyrrole nitrogens is 1. The van der Waals surface area contributed by atoms with Gasteiger partial charge in [-0.05, 0) is 52.3 Å². The highest BCUT2D eigenvalue weighted by Crippen LogP contribution is 2.66. The molecule has 2 aliphatic rings. The molecule has 3 aromatic rings. The summed E-state index contributed by atoms with van der Waals surface area (Å²) < 4.78 is 2.55. The topological polar surface area (TPSA) is 58.1 Å². The molecule has 126 valence electrons. The van der Waals surface area contributed by atoms with Crippen LogP contribution in [-0.2, 0) is 17.3 Å². The number of aromatic amines is 1. The number of nitrogens with one attached hydrogen (secondary N) is 1. The minimum atomic E-state index is -0.474. The molecule has 0 radical (unpaired) electrons. The highest BCUT2D eigenvalue weighted by atomic mass is 127. The molecule has 1 aliphatic heterocycles. The van der Waals surface area contributed by atoms with E-state index in [4.69, 9.17) is 0 Å². The number of aromatic nitrogens is 2. The number of carbonyl (C=O) groups is 1. The Bertz CT molecular complexity index is 1130. The van der Waals surface area contributed by atoms with Crippen LogP contribution in [0.15, 0.2) is 41.3 Å². The molecule has 0 saturated heterocycles. The van der Waals surface area contributed by atoms with Gasteiger partial charge in [-0.2, -0.15) is 0 Å². The number of rotatable bonds is 1. The maximum Gasteiger partial charge on any atom is 0.274 e. The lowest BCUT2D eigenvalue weighted by Crippen LogP contribution is -2.29. The Morgan fingerprint density at radius 3 is 2.80 bits per heavy atom. The summed E-state index contributed by atoms with van der Waals surface area (Å²) in [4.78, 5) is 30.4. The first-order valence-electron chi connectivity index (χ1n) is 8.20. The number of pyridine rings is 1. The van der Waals surface area contributed by atoms with Gasteiger partial charge in [0.15, 0.2) is 0 Å². The van der Waals surface area contributed by atoms with Crippen LogP contribution in [0.1, 0.15) is 23.5 Å². The van der Waals surface area contributed by atoms with Gasteiger partial charge in [0, 0.05) is 37.3 Å². The molecule has 1 amide bonds. The van der Waals surface area contributed by atoms with E-state index in [1.165, 1.54) is 0 Å². The van der Waals surface area contributed by atoms with Crippen molar-refractivity contribution < 1.29 is 4.79 Å². The van der Waals surface area contributed by atoms with E-state index in [2.05, 4.69) is 33.6 Å². The van der Waals surface area contributed by atoms with Crippen LogP contribution in [0.5, 0.6) is 0 Å². The van der Waals surface area contributed by atoms with Gasteiger partial charge < -0.3 is 14.5 Å². The molecule has 2 atom stereocenters. The number of benzene rings is 1. The fraction of sp³-hybridized carbons (Fsp3) is 0.263. The molecule has 2 unspecified atom stereocenters. The van der Waals surface area contributed by atoms with Crippen molar-refractivity contribution in [2.75, 3.05) is 11.9 Å². The van der Waals surface area contributed by atoms with Crippen LogP contribution in [0.4, 0.5) is 5.69 Å². The Kier molecular flexibility index (Phi) is 2.89. The molecule has 1 aromatic carbocycles. The summed E-state index contributed by atoms with van der Waals surface area (Å²) in [5.74, 6) is 0.262.